The van der Waals surface area contributed by atoms with Crippen LogP contribution in [0.2, 0.25) is 0 Å². The van der Waals surface area contributed by atoms with Crippen LogP contribution >= 0.6 is 11.3 Å². The van der Waals surface area contributed by atoms with E-state index in [1.807, 2.05) is 38.3 Å². The van der Waals surface area contributed by atoms with Crippen LogP contribution in [0.1, 0.15) is 77.9 Å². The van der Waals surface area contributed by atoms with E-state index in [-0.39, 0.29) is 36.4 Å². The number of amides is 1. The van der Waals surface area contributed by atoms with Gasteiger partial charge in [0, 0.05) is 23.6 Å². The van der Waals surface area contributed by atoms with Gasteiger partial charge in [-0.05, 0) is 45.3 Å². The minimum atomic E-state index is -1.27. The normalized spacial score (nSPS) is 31.6. The van der Waals surface area contributed by atoms with Gasteiger partial charge < -0.3 is 15.5 Å². The number of hydrogen-bond donors (Lipinski definition) is 3. The Hall–Kier alpha value is -2.16. The minimum Gasteiger partial charge on any atom is -0.392 e. The van der Waals surface area contributed by atoms with Gasteiger partial charge >= 0.3 is 0 Å². The molecule has 2 unspecified atom stereocenters. The number of carbonyl (C=O) groups is 3. The van der Waals surface area contributed by atoms with Crippen LogP contribution in [0.4, 0.5) is 0 Å². The van der Waals surface area contributed by atoms with Gasteiger partial charge in [0.1, 0.15) is 11.6 Å². The number of aryl methyl sites for hydroxylation is 1. The summed E-state index contributed by atoms with van der Waals surface area (Å²) < 4.78 is 0. The molecule has 1 aliphatic rings. The van der Waals surface area contributed by atoms with E-state index in [1.54, 1.807) is 39.0 Å². The molecule has 0 bridgehead atoms. The summed E-state index contributed by atoms with van der Waals surface area (Å²) in [6.45, 7) is 12.2. The molecule has 1 aliphatic heterocycles. The first-order chi connectivity index (χ1) is 16.2. The first-order valence-electron chi connectivity index (χ1n) is 12.2. The standard InChI is InChI=1S/C27H40N2O5S/c1-15-8-10-21(16(2)12-20-14-35-19(5)28-20)29-24(32)13-23(31)27(6,7)26(34)18(4)25(33)17(3)22(30)11-9-15/h8,12,14,17-18,21,23,25,31,33H,9-11,13H2,1-7H3,(H,29,32)/b15-8-,16-12+/t17?,18-,21+,23?,25+/m1/s1. The number of allylic oxidation sites excluding steroid dienone is 1. The molecule has 0 aliphatic carbocycles. The first-order valence-corrected chi connectivity index (χ1v) is 13.1. The van der Waals surface area contributed by atoms with Crippen molar-refractivity contribution in [2.45, 2.75) is 92.4 Å². The Balaban J connectivity index is 2.38. The summed E-state index contributed by atoms with van der Waals surface area (Å²) in [6.07, 6.45) is 2.62. The fourth-order valence-electron chi connectivity index (χ4n) is 4.32. The average Bonchev–Trinajstić information content (AvgIpc) is 3.21. The highest BCUT2D eigenvalue weighted by Crippen LogP contribution is 2.31. The van der Waals surface area contributed by atoms with Crippen molar-refractivity contribution < 1.29 is 24.6 Å². The summed E-state index contributed by atoms with van der Waals surface area (Å²) in [7, 11) is 0. The van der Waals surface area contributed by atoms with Crippen molar-refractivity contribution in [1.29, 1.82) is 0 Å². The van der Waals surface area contributed by atoms with Crippen molar-refractivity contribution in [1.82, 2.24) is 10.3 Å². The number of aliphatic hydroxyl groups is 2. The Bertz CT molecular complexity index is 993. The van der Waals surface area contributed by atoms with E-state index < -0.39 is 29.5 Å². The summed E-state index contributed by atoms with van der Waals surface area (Å²) >= 11 is 1.55. The third-order valence-electron chi connectivity index (χ3n) is 7.16. The third kappa shape index (κ3) is 7.66. The molecule has 0 spiro atoms. The summed E-state index contributed by atoms with van der Waals surface area (Å²) in [4.78, 5) is 43.3. The number of thiazole rings is 1. The maximum Gasteiger partial charge on any atom is 0.223 e. The lowest BCUT2D eigenvalue weighted by molar-refractivity contribution is -0.144. The molecule has 1 aromatic rings. The second-order valence-corrected chi connectivity index (χ2v) is 11.5. The lowest BCUT2D eigenvalue weighted by atomic mass is 9.72. The molecular formula is C27H40N2O5S. The Morgan fingerprint density at radius 2 is 1.80 bits per heavy atom. The number of aliphatic hydroxyl groups excluding tert-OH is 2. The molecular weight excluding hydrogens is 464 g/mol. The maximum atomic E-state index is 13.2. The quantitative estimate of drug-likeness (QED) is 0.524. The SMILES string of the molecule is C/C1=C/C[C@@H](/C(C)=C/c2csc(C)n2)NC(=O)CC(O)C(C)(C)C(=O)[C@H](C)[C@@H](O)C(C)C(=O)CC1. The van der Waals surface area contributed by atoms with Gasteiger partial charge in [-0.3, -0.25) is 14.4 Å². The fraction of sp³-hybridized carbons (Fsp3) is 0.630. The van der Waals surface area contributed by atoms with Crippen LogP contribution in [0.5, 0.6) is 0 Å². The first kappa shape index (κ1) is 29.1. The van der Waals surface area contributed by atoms with Crippen LogP contribution in [-0.4, -0.2) is 50.9 Å². The number of nitrogens with one attached hydrogen (secondary N) is 1. The third-order valence-corrected chi connectivity index (χ3v) is 7.95. The van der Waals surface area contributed by atoms with E-state index in [1.165, 1.54) is 0 Å². The number of rotatable bonds is 2. The summed E-state index contributed by atoms with van der Waals surface area (Å²) in [5.74, 6) is -2.40. The van der Waals surface area contributed by atoms with Crippen molar-refractivity contribution in [3.05, 3.63) is 33.3 Å². The van der Waals surface area contributed by atoms with Crippen molar-refractivity contribution in [3.63, 3.8) is 0 Å². The molecule has 0 aromatic carbocycles. The van der Waals surface area contributed by atoms with E-state index in [4.69, 9.17) is 0 Å². The van der Waals surface area contributed by atoms with Crippen LogP contribution in [0, 0.1) is 24.2 Å². The van der Waals surface area contributed by atoms with Gasteiger partial charge in [-0.2, -0.15) is 0 Å². The molecule has 1 aromatic heterocycles. The Labute approximate surface area is 212 Å². The molecule has 35 heavy (non-hydrogen) atoms. The summed E-state index contributed by atoms with van der Waals surface area (Å²) in [6, 6.07) is -0.325. The highest BCUT2D eigenvalue weighted by atomic mass is 32.1. The van der Waals surface area contributed by atoms with Crippen LogP contribution in [-0.2, 0) is 14.4 Å². The maximum absolute atomic E-state index is 13.2. The van der Waals surface area contributed by atoms with Crippen molar-refractivity contribution in [2.75, 3.05) is 0 Å². The van der Waals surface area contributed by atoms with Gasteiger partial charge in [-0.1, -0.05) is 39.3 Å². The molecule has 8 heteroatoms. The van der Waals surface area contributed by atoms with Gasteiger partial charge in [-0.15, -0.1) is 11.3 Å². The largest absolute Gasteiger partial charge is 0.392 e. The molecule has 5 atom stereocenters. The lowest BCUT2D eigenvalue weighted by Gasteiger charge is -2.34. The van der Waals surface area contributed by atoms with Crippen LogP contribution in [0.15, 0.2) is 22.6 Å². The second kappa shape index (κ2) is 12.2. The van der Waals surface area contributed by atoms with Crippen molar-refractivity contribution in [3.8, 4) is 0 Å². The zero-order valence-electron chi connectivity index (χ0n) is 21.9. The molecule has 7 nitrogen and oxygen atoms in total. The molecule has 0 saturated carbocycles. The minimum absolute atomic E-state index is 0.102. The predicted molar refractivity (Wildman–Crippen MR) is 139 cm³/mol. The highest BCUT2D eigenvalue weighted by Gasteiger charge is 2.42. The Kier molecular flexibility index (Phi) is 10.1. The van der Waals surface area contributed by atoms with Crippen molar-refractivity contribution in [2.24, 2.45) is 17.3 Å². The number of aromatic nitrogens is 1. The average molecular weight is 505 g/mol. The van der Waals surface area contributed by atoms with Gasteiger partial charge in [-0.25, -0.2) is 4.98 Å². The van der Waals surface area contributed by atoms with Gasteiger partial charge in [0.15, 0.2) is 0 Å². The summed E-state index contributed by atoms with van der Waals surface area (Å²) in [5.41, 5.74) is 1.48. The van der Waals surface area contributed by atoms with Crippen LogP contribution in [0.3, 0.4) is 0 Å². The molecule has 2 heterocycles. The molecule has 0 fully saturated rings. The van der Waals surface area contributed by atoms with E-state index in [0.29, 0.717) is 12.8 Å². The monoisotopic (exact) mass is 504 g/mol. The number of ketones is 2. The molecule has 0 saturated heterocycles. The van der Waals surface area contributed by atoms with E-state index in [9.17, 15) is 24.6 Å². The van der Waals surface area contributed by atoms with Crippen molar-refractivity contribution >= 4 is 34.9 Å². The molecule has 2 rings (SSSR count). The highest BCUT2D eigenvalue weighted by molar-refractivity contribution is 7.09. The van der Waals surface area contributed by atoms with Gasteiger partial charge in [0.25, 0.3) is 0 Å². The number of Topliss-reactive ketones (excluding diaryl/α,β-unsaturated/α-hetero) is 2. The molecule has 3 N–H and O–H groups in total. The fourth-order valence-corrected chi connectivity index (χ4v) is 4.89. The predicted octanol–water partition coefficient (Wildman–Crippen LogP) is 4.02. The number of hydrogen-bond acceptors (Lipinski definition) is 7. The second-order valence-electron chi connectivity index (χ2n) is 10.4. The topological polar surface area (TPSA) is 117 Å². The number of nitrogens with zero attached hydrogens (tertiary/aromatic N) is 1. The summed E-state index contributed by atoms with van der Waals surface area (Å²) in [5, 5.41) is 27.5. The van der Waals surface area contributed by atoms with E-state index in [2.05, 4.69) is 10.3 Å². The van der Waals surface area contributed by atoms with Gasteiger partial charge in [0.2, 0.25) is 5.91 Å². The van der Waals surface area contributed by atoms with E-state index >= 15 is 0 Å². The zero-order chi connectivity index (χ0) is 26.5. The van der Waals surface area contributed by atoms with E-state index in [0.717, 1.165) is 21.8 Å². The van der Waals surface area contributed by atoms with Crippen LogP contribution < -0.4 is 5.32 Å². The Morgan fingerprint density at radius 3 is 2.40 bits per heavy atom. The zero-order valence-corrected chi connectivity index (χ0v) is 22.7. The lowest BCUT2D eigenvalue weighted by Crippen LogP contribution is -2.47. The number of carbonyl (C=O) groups excluding carboxylic acids is 3. The smallest absolute Gasteiger partial charge is 0.223 e. The van der Waals surface area contributed by atoms with Crippen LogP contribution in [0.25, 0.3) is 6.08 Å². The van der Waals surface area contributed by atoms with Gasteiger partial charge in [0.05, 0.1) is 40.8 Å². The molecule has 1 amide bonds. The molecule has 0 radical (unpaired) electrons. The molecule has 194 valence electrons. The Morgan fingerprint density at radius 1 is 1.14 bits per heavy atom.